The molecule has 0 radical (unpaired) electrons. The molecular formula is C14H20FNO3S. The van der Waals surface area contributed by atoms with Gasteiger partial charge in [0, 0.05) is 18.5 Å². The van der Waals surface area contributed by atoms with Crippen LogP contribution in [0.1, 0.15) is 44.0 Å². The van der Waals surface area contributed by atoms with Gasteiger partial charge in [-0.1, -0.05) is 20.8 Å². The van der Waals surface area contributed by atoms with Crippen molar-refractivity contribution in [1.29, 1.82) is 0 Å². The number of ketones is 1. The van der Waals surface area contributed by atoms with Crippen molar-refractivity contribution in [3.63, 3.8) is 0 Å². The van der Waals surface area contributed by atoms with Crippen molar-refractivity contribution in [2.24, 2.45) is 5.92 Å². The number of carbonyl (C=O) groups excluding carboxylic acids is 1. The Labute approximate surface area is 119 Å². The van der Waals surface area contributed by atoms with Gasteiger partial charge in [0.25, 0.3) is 0 Å². The fraction of sp³-hybridized carbons (Fsp3) is 0.500. The summed E-state index contributed by atoms with van der Waals surface area (Å²) in [5.74, 6) is -0.728. The minimum atomic E-state index is -3.93. The Kier molecular flexibility index (Phi) is 5.83. The average molecular weight is 301 g/mol. The third kappa shape index (κ3) is 4.38. The highest BCUT2D eigenvalue weighted by atomic mass is 32.2. The predicted molar refractivity (Wildman–Crippen MR) is 75.7 cm³/mol. The molecule has 0 aliphatic carbocycles. The van der Waals surface area contributed by atoms with Crippen LogP contribution in [0.25, 0.3) is 0 Å². The van der Waals surface area contributed by atoms with Gasteiger partial charge in [0.15, 0.2) is 5.78 Å². The van der Waals surface area contributed by atoms with E-state index in [0.29, 0.717) is 12.3 Å². The Balaban J connectivity index is 3.01. The maximum Gasteiger partial charge on any atom is 0.243 e. The Bertz CT molecular complexity index is 582. The van der Waals surface area contributed by atoms with Crippen molar-refractivity contribution in [1.82, 2.24) is 4.72 Å². The molecule has 1 rings (SSSR count). The summed E-state index contributed by atoms with van der Waals surface area (Å²) in [6.45, 7) is 5.84. The van der Waals surface area contributed by atoms with Gasteiger partial charge in [0.1, 0.15) is 10.7 Å². The Morgan fingerprint density at radius 2 is 2.00 bits per heavy atom. The molecule has 0 aliphatic heterocycles. The second-order valence-corrected chi connectivity index (χ2v) is 6.74. The van der Waals surface area contributed by atoms with E-state index in [1.165, 1.54) is 6.07 Å². The summed E-state index contributed by atoms with van der Waals surface area (Å²) in [6.07, 6.45) is 0.903. The molecule has 0 atom stereocenters. The maximum absolute atomic E-state index is 13.7. The monoisotopic (exact) mass is 301 g/mol. The first kappa shape index (κ1) is 16.8. The van der Waals surface area contributed by atoms with E-state index in [-0.39, 0.29) is 24.3 Å². The van der Waals surface area contributed by atoms with Crippen molar-refractivity contribution >= 4 is 15.8 Å². The Morgan fingerprint density at radius 1 is 1.35 bits per heavy atom. The van der Waals surface area contributed by atoms with Crippen molar-refractivity contribution < 1.29 is 17.6 Å². The first-order valence-corrected chi connectivity index (χ1v) is 8.08. The van der Waals surface area contributed by atoms with E-state index in [1.807, 2.05) is 13.8 Å². The quantitative estimate of drug-likeness (QED) is 0.788. The number of carbonyl (C=O) groups is 1. The first-order valence-electron chi connectivity index (χ1n) is 6.60. The van der Waals surface area contributed by atoms with Crippen LogP contribution in [0.2, 0.25) is 0 Å². The van der Waals surface area contributed by atoms with E-state index in [9.17, 15) is 17.6 Å². The zero-order chi connectivity index (χ0) is 15.3. The summed E-state index contributed by atoms with van der Waals surface area (Å²) in [7, 11) is -3.93. The number of halogens is 1. The molecule has 20 heavy (non-hydrogen) atoms. The molecule has 0 amide bonds. The summed E-state index contributed by atoms with van der Waals surface area (Å²) >= 11 is 0. The van der Waals surface area contributed by atoms with Gasteiger partial charge in [0.2, 0.25) is 10.0 Å². The summed E-state index contributed by atoms with van der Waals surface area (Å²) in [5.41, 5.74) is 0.207. The van der Waals surface area contributed by atoms with Gasteiger partial charge < -0.3 is 0 Å². The molecular weight excluding hydrogens is 281 g/mol. The van der Waals surface area contributed by atoms with E-state index >= 15 is 0 Å². The lowest BCUT2D eigenvalue weighted by atomic mass is 10.1. The van der Waals surface area contributed by atoms with Gasteiger partial charge in [-0.15, -0.1) is 0 Å². The van der Waals surface area contributed by atoms with Crippen LogP contribution < -0.4 is 4.72 Å². The highest BCUT2D eigenvalue weighted by molar-refractivity contribution is 7.89. The zero-order valence-corrected chi connectivity index (χ0v) is 12.8. The fourth-order valence-electron chi connectivity index (χ4n) is 1.65. The lowest BCUT2D eigenvalue weighted by molar-refractivity contribution is 0.0988. The molecule has 6 heteroatoms. The molecule has 0 aromatic heterocycles. The van der Waals surface area contributed by atoms with Crippen molar-refractivity contribution in [2.45, 2.75) is 38.5 Å². The van der Waals surface area contributed by atoms with Crippen molar-refractivity contribution in [3.8, 4) is 0 Å². The highest BCUT2D eigenvalue weighted by Gasteiger charge is 2.20. The zero-order valence-electron chi connectivity index (χ0n) is 11.9. The molecule has 112 valence electrons. The third-order valence-electron chi connectivity index (χ3n) is 2.88. The van der Waals surface area contributed by atoms with Crippen LogP contribution in [0.4, 0.5) is 4.39 Å². The van der Waals surface area contributed by atoms with Crippen LogP contribution in [0.15, 0.2) is 23.1 Å². The lowest BCUT2D eigenvalue weighted by Crippen LogP contribution is -2.26. The molecule has 1 aromatic rings. The molecule has 0 spiro atoms. The predicted octanol–water partition coefficient (Wildman–Crippen LogP) is 2.74. The molecule has 4 nitrogen and oxygen atoms in total. The first-order chi connectivity index (χ1) is 9.27. The van der Waals surface area contributed by atoms with E-state index in [2.05, 4.69) is 4.72 Å². The molecule has 1 N–H and O–H groups in total. The van der Waals surface area contributed by atoms with Crippen LogP contribution >= 0.6 is 0 Å². The fourth-order valence-corrected chi connectivity index (χ4v) is 2.80. The molecule has 0 saturated carbocycles. The van der Waals surface area contributed by atoms with Crippen LogP contribution in [0.5, 0.6) is 0 Å². The SMILES string of the molecule is CCC(=O)c1ccc(F)c(S(=O)(=O)NCCC(C)C)c1. The van der Waals surface area contributed by atoms with Crippen LogP contribution in [-0.4, -0.2) is 20.7 Å². The summed E-state index contributed by atoms with van der Waals surface area (Å²) in [6, 6.07) is 3.41. The minimum Gasteiger partial charge on any atom is -0.294 e. The highest BCUT2D eigenvalue weighted by Crippen LogP contribution is 2.17. The number of Topliss-reactive ketones (excluding diaryl/α,β-unsaturated/α-hetero) is 1. The van der Waals surface area contributed by atoms with Gasteiger partial charge in [-0.25, -0.2) is 17.5 Å². The lowest BCUT2D eigenvalue weighted by Gasteiger charge is -2.10. The number of sulfonamides is 1. The van der Waals surface area contributed by atoms with Gasteiger partial charge in [-0.3, -0.25) is 4.79 Å². The second kappa shape index (κ2) is 6.95. The van der Waals surface area contributed by atoms with Gasteiger partial charge in [-0.05, 0) is 30.5 Å². The molecule has 1 aromatic carbocycles. The molecule has 0 bridgehead atoms. The largest absolute Gasteiger partial charge is 0.294 e. The number of nitrogens with one attached hydrogen (secondary N) is 1. The summed E-state index contributed by atoms with van der Waals surface area (Å²) < 4.78 is 40.1. The van der Waals surface area contributed by atoms with Gasteiger partial charge >= 0.3 is 0 Å². The van der Waals surface area contributed by atoms with Crippen molar-refractivity contribution in [3.05, 3.63) is 29.6 Å². The standard InChI is InChI=1S/C14H20FNO3S/c1-4-13(17)11-5-6-12(15)14(9-11)20(18,19)16-8-7-10(2)3/h5-6,9-10,16H,4,7-8H2,1-3H3. The Morgan fingerprint density at radius 3 is 2.55 bits per heavy atom. The molecule has 0 heterocycles. The van der Waals surface area contributed by atoms with Crippen molar-refractivity contribution in [2.75, 3.05) is 6.54 Å². The molecule has 0 unspecified atom stereocenters. The average Bonchev–Trinajstić information content (AvgIpc) is 2.37. The smallest absolute Gasteiger partial charge is 0.243 e. The maximum atomic E-state index is 13.7. The molecule has 0 saturated heterocycles. The summed E-state index contributed by atoms with van der Waals surface area (Å²) in [4.78, 5) is 11.1. The van der Waals surface area contributed by atoms with Crippen LogP contribution in [0, 0.1) is 11.7 Å². The number of benzene rings is 1. The number of hydrogen-bond donors (Lipinski definition) is 1. The Hall–Kier alpha value is -1.27. The van der Waals surface area contributed by atoms with E-state index in [0.717, 1.165) is 12.1 Å². The topological polar surface area (TPSA) is 63.2 Å². The van der Waals surface area contributed by atoms with E-state index < -0.39 is 20.7 Å². The summed E-state index contributed by atoms with van der Waals surface area (Å²) in [5, 5.41) is 0. The molecule has 0 fully saturated rings. The van der Waals surface area contributed by atoms with E-state index in [1.54, 1.807) is 6.92 Å². The normalized spacial score (nSPS) is 11.8. The van der Waals surface area contributed by atoms with Gasteiger partial charge in [-0.2, -0.15) is 0 Å². The number of hydrogen-bond acceptors (Lipinski definition) is 3. The minimum absolute atomic E-state index is 0.207. The van der Waals surface area contributed by atoms with E-state index in [4.69, 9.17) is 0 Å². The van der Waals surface area contributed by atoms with Gasteiger partial charge in [0.05, 0.1) is 0 Å². The number of rotatable bonds is 7. The second-order valence-electron chi connectivity index (χ2n) is 5.00. The van der Waals surface area contributed by atoms with Crippen LogP contribution in [-0.2, 0) is 10.0 Å². The third-order valence-corrected chi connectivity index (χ3v) is 4.35. The molecule has 0 aliphatic rings. The van der Waals surface area contributed by atoms with Crippen LogP contribution in [0.3, 0.4) is 0 Å².